The largest absolute Gasteiger partial charge is 0.379 e. The van der Waals surface area contributed by atoms with Gasteiger partial charge in [-0.2, -0.15) is 4.98 Å². The van der Waals surface area contributed by atoms with Gasteiger partial charge in [0.1, 0.15) is 0 Å². The van der Waals surface area contributed by atoms with Gasteiger partial charge in [-0.15, -0.1) is 0 Å². The number of nitrogens with one attached hydrogen (secondary N) is 1. The topological polar surface area (TPSA) is 83.7 Å². The van der Waals surface area contributed by atoms with Gasteiger partial charge in [-0.25, -0.2) is 0 Å². The summed E-state index contributed by atoms with van der Waals surface area (Å²) in [7, 11) is 0. The van der Waals surface area contributed by atoms with Crippen molar-refractivity contribution < 1.29 is 14.1 Å². The van der Waals surface area contributed by atoms with Crippen LogP contribution in [0.4, 0.5) is 0 Å². The minimum Gasteiger partial charge on any atom is -0.379 e. The maximum Gasteiger partial charge on any atom is 0.241 e. The monoisotopic (exact) mass is 447 g/mol. The summed E-state index contributed by atoms with van der Waals surface area (Å²) < 4.78 is 10.8. The fraction of sp³-hybridized carbons (Fsp3) is 0.591. The number of nitrogens with zero attached hydrogens (tertiary/aromatic N) is 4. The van der Waals surface area contributed by atoms with E-state index in [0.717, 1.165) is 77.3 Å². The lowest BCUT2D eigenvalue weighted by Crippen LogP contribution is -2.41. The zero-order valence-corrected chi connectivity index (χ0v) is 18.5. The van der Waals surface area contributed by atoms with E-state index in [0.29, 0.717) is 23.3 Å². The summed E-state index contributed by atoms with van der Waals surface area (Å²) in [6.07, 6.45) is 2.68. The molecule has 1 N–H and O–H groups in total. The summed E-state index contributed by atoms with van der Waals surface area (Å²) in [6, 6.07) is 7.46. The second-order valence-corrected chi connectivity index (χ2v) is 8.55. The van der Waals surface area contributed by atoms with Crippen LogP contribution in [0.1, 0.15) is 25.2 Å². The van der Waals surface area contributed by atoms with E-state index in [2.05, 4.69) is 25.3 Å². The predicted octanol–water partition coefficient (Wildman–Crippen LogP) is 2.44. The van der Waals surface area contributed by atoms with Crippen molar-refractivity contribution in [3.8, 4) is 11.4 Å². The van der Waals surface area contributed by atoms with E-state index >= 15 is 0 Å². The van der Waals surface area contributed by atoms with Crippen LogP contribution in [-0.4, -0.2) is 78.3 Å². The number of morpholine rings is 1. The van der Waals surface area contributed by atoms with Crippen LogP contribution < -0.4 is 5.32 Å². The van der Waals surface area contributed by atoms with E-state index < -0.39 is 0 Å². The standard InChI is InChI=1S/C22H30ClN5O3/c23-19-5-2-1-4-18(19)21-25-20(31-26-21)16-28-10-6-17(7-11-28)22(29)24-8-3-9-27-12-14-30-15-13-27/h1-2,4-5,17H,3,6-16H2,(H,24,29). The minimum atomic E-state index is 0.0843. The van der Waals surface area contributed by atoms with Gasteiger partial charge in [0.2, 0.25) is 17.6 Å². The van der Waals surface area contributed by atoms with E-state index in [9.17, 15) is 4.79 Å². The normalized spacial score (nSPS) is 18.9. The summed E-state index contributed by atoms with van der Waals surface area (Å²) in [5.74, 6) is 1.34. The Kier molecular flexibility index (Phi) is 7.91. The molecule has 4 rings (SSSR count). The molecule has 0 saturated carbocycles. The zero-order chi connectivity index (χ0) is 21.5. The molecule has 2 aromatic rings. The Morgan fingerprint density at radius 1 is 1.13 bits per heavy atom. The third-order valence-electron chi connectivity index (χ3n) is 5.95. The van der Waals surface area contributed by atoms with Crippen molar-refractivity contribution in [1.29, 1.82) is 0 Å². The van der Waals surface area contributed by atoms with Crippen molar-refractivity contribution in [2.75, 3.05) is 52.5 Å². The van der Waals surface area contributed by atoms with Crippen LogP contribution in [0.25, 0.3) is 11.4 Å². The highest BCUT2D eigenvalue weighted by molar-refractivity contribution is 6.33. The molecule has 8 nitrogen and oxygen atoms in total. The fourth-order valence-corrected chi connectivity index (χ4v) is 4.32. The number of likely N-dealkylation sites (tertiary alicyclic amines) is 1. The highest BCUT2D eigenvalue weighted by Crippen LogP contribution is 2.25. The average molecular weight is 448 g/mol. The van der Waals surface area contributed by atoms with Gasteiger partial charge in [-0.1, -0.05) is 28.9 Å². The molecule has 1 aromatic carbocycles. The van der Waals surface area contributed by atoms with Gasteiger partial charge >= 0.3 is 0 Å². The van der Waals surface area contributed by atoms with E-state index in [-0.39, 0.29) is 11.8 Å². The lowest BCUT2D eigenvalue weighted by atomic mass is 9.96. The first-order valence-corrected chi connectivity index (χ1v) is 11.4. The highest BCUT2D eigenvalue weighted by Gasteiger charge is 2.26. The second-order valence-electron chi connectivity index (χ2n) is 8.14. The van der Waals surface area contributed by atoms with Crippen molar-refractivity contribution in [2.45, 2.75) is 25.8 Å². The molecular weight excluding hydrogens is 418 g/mol. The van der Waals surface area contributed by atoms with E-state index in [1.54, 1.807) is 0 Å². The van der Waals surface area contributed by atoms with Gasteiger partial charge in [0.05, 0.1) is 24.8 Å². The Labute approximate surface area is 187 Å². The van der Waals surface area contributed by atoms with Crippen LogP contribution in [0.5, 0.6) is 0 Å². The summed E-state index contributed by atoms with van der Waals surface area (Å²) in [5, 5.41) is 7.78. The second kappa shape index (κ2) is 11.0. The third kappa shape index (κ3) is 6.26. The van der Waals surface area contributed by atoms with Crippen LogP contribution >= 0.6 is 11.6 Å². The molecule has 168 valence electrons. The molecule has 1 aromatic heterocycles. The molecule has 31 heavy (non-hydrogen) atoms. The SMILES string of the molecule is O=C(NCCCN1CCOCC1)C1CCN(Cc2nc(-c3ccccc3Cl)no2)CC1. The van der Waals surface area contributed by atoms with Crippen LogP contribution in [0.15, 0.2) is 28.8 Å². The Morgan fingerprint density at radius 2 is 1.90 bits per heavy atom. The van der Waals surface area contributed by atoms with E-state index in [4.69, 9.17) is 20.9 Å². The number of hydrogen-bond acceptors (Lipinski definition) is 7. The third-order valence-corrected chi connectivity index (χ3v) is 6.28. The summed E-state index contributed by atoms with van der Waals surface area (Å²) in [5.41, 5.74) is 0.767. The number of halogens is 1. The molecule has 1 amide bonds. The molecule has 0 radical (unpaired) electrons. The molecule has 2 fully saturated rings. The molecule has 2 aliphatic rings. The van der Waals surface area contributed by atoms with Gasteiger partial charge in [0.25, 0.3) is 0 Å². The van der Waals surface area contributed by atoms with Gasteiger partial charge in [-0.3, -0.25) is 14.6 Å². The number of benzene rings is 1. The smallest absolute Gasteiger partial charge is 0.241 e. The number of carbonyl (C=O) groups is 1. The van der Waals surface area contributed by atoms with Gasteiger partial charge < -0.3 is 14.6 Å². The molecule has 2 saturated heterocycles. The summed E-state index contributed by atoms with van der Waals surface area (Å²) in [6.45, 7) is 7.65. The molecular formula is C22H30ClN5O3. The average Bonchev–Trinajstić information content (AvgIpc) is 3.26. The van der Waals surface area contributed by atoms with Crippen molar-refractivity contribution in [3.63, 3.8) is 0 Å². The lowest BCUT2D eigenvalue weighted by molar-refractivity contribution is -0.126. The fourth-order valence-electron chi connectivity index (χ4n) is 4.10. The quantitative estimate of drug-likeness (QED) is 0.622. The van der Waals surface area contributed by atoms with Gasteiger partial charge in [0, 0.05) is 31.1 Å². The lowest BCUT2D eigenvalue weighted by Gasteiger charge is -2.30. The Bertz CT molecular complexity index is 847. The zero-order valence-electron chi connectivity index (χ0n) is 17.8. The van der Waals surface area contributed by atoms with E-state index in [1.807, 2.05) is 24.3 Å². The molecule has 0 bridgehead atoms. The first kappa shape index (κ1) is 22.2. The maximum atomic E-state index is 12.5. The first-order valence-electron chi connectivity index (χ1n) is 11.1. The highest BCUT2D eigenvalue weighted by atomic mass is 35.5. The van der Waals surface area contributed by atoms with Gasteiger partial charge in [-0.05, 0) is 51.0 Å². The van der Waals surface area contributed by atoms with Gasteiger partial charge in [0.15, 0.2) is 0 Å². The minimum absolute atomic E-state index is 0.0843. The molecule has 9 heteroatoms. The number of piperidine rings is 1. The summed E-state index contributed by atoms with van der Waals surface area (Å²) >= 11 is 6.21. The number of ether oxygens (including phenoxy) is 1. The number of rotatable bonds is 8. The molecule has 0 aliphatic carbocycles. The van der Waals surface area contributed by atoms with Crippen LogP contribution in [0, 0.1) is 5.92 Å². The van der Waals surface area contributed by atoms with Crippen molar-refractivity contribution in [2.24, 2.45) is 5.92 Å². The van der Waals surface area contributed by atoms with Crippen molar-refractivity contribution in [3.05, 3.63) is 35.2 Å². The Balaban J connectivity index is 1.16. The number of aromatic nitrogens is 2. The van der Waals surface area contributed by atoms with E-state index in [1.165, 1.54) is 0 Å². The predicted molar refractivity (Wildman–Crippen MR) is 118 cm³/mol. The maximum absolute atomic E-state index is 12.5. The molecule has 0 unspecified atom stereocenters. The molecule has 0 spiro atoms. The Morgan fingerprint density at radius 3 is 2.68 bits per heavy atom. The van der Waals surface area contributed by atoms with Crippen LogP contribution in [0.2, 0.25) is 5.02 Å². The molecule has 3 heterocycles. The number of amides is 1. The number of carbonyl (C=O) groups excluding carboxylic acids is 1. The summed E-state index contributed by atoms with van der Waals surface area (Å²) in [4.78, 5) is 21.6. The molecule has 2 aliphatic heterocycles. The number of hydrogen-bond donors (Lipinski definition) is 1. The Hall–Kier alpha value is -2.00. The van der Waals surface area contributed by atoms with Crippen molar-refractivity contribution in [1.82, 2.24) is 25.3 Å². The molecule has 0 atom stereocenters. The van der Waals surface area contributed by atoms with Crippen LogP contribution in [-0.2, 0) is 16.1 Å². The van der Waals surface area contributed by atoms with Crippen molar-refractivity contribution >= 4 is 17.5 Å². The first-order chi connectivity index (χ1) is 15.2. The van der Waals surface area contributed by atoms with Crippen LogP contribution in [0.3, 0.4) is 0 Å².